The van der Waals surface area contributed by atoms with Crippen molar-refractivity contribution in [3.8, 4) is 16.2 Å². The van der Waals surface area contributed by atoms with Crippen LogP contribution in [0.3, 0.4) is 0 Å². The molecule has 22 heavy (non-hydrogen) atoms. The fourth-order valence-electron chi connectivity index (χ4n) is 2.90. The van der Waals surface area contributed by atoms with Gasteiger partial charge in [0.25, 0.3) is 0 Å². The van der Waals surface area contributed by atoms with Crippen LogP contribution in [0, 0.1) is 0 Å². The monoisotopic (exact) mass is 305 g/mol. The van der Waals surface area contributed by atoms with Crippen LogP contribution in [0.2, 0.25) is 0 Å². The van der Waals surface area contributed by atoms with E-state index in [9.17, 15) is 5.11 Å². The smallest absolute Gasteiger partial charge is 0.150 e. The predicted octanol–water partition coefficient (Wildman–Crippen LogP) is 5.38. The first-order chi connectivity index (χ1) is 10.8. The third-order valence-corrected chi connectivity index (χ3v) is 5.17. The second-order valence-corrected chi connectivity index (χ2v) is 6.42. The van der Waals surface area contributed by atoms with E-state index in [1.165, 1.54) is 15.6 Å². The second-order valence-electron chi connectivity index (χ2n) is 5.33. The van der Waals surface area contributed by atoms with E-state index >= 15 is 0 Å². The topological polar surface area (TPSA) is 33.1 Å². The summed E-state index contributed by atoms with van der Waals surface area (Å²) in [6, 6.07) is 16.5. The Morgan fingerprint density at radius 1 is 1.09 bits per heavy atom. The van der Waals surface area contributed by atoms with Crippen molar-refractivity contribution in [1.29, 1.82) is 0 Å². The highest BCUT2D eigenvalue weighted by Crippen LogP contribution is 2.41. The van der Waals surface area contributed by atoms with Crippen LogP contribution >= 0.6 is 11.3 Å². The van der Waals surface area contributed by atoms with Gasteiger partial charge in [-0.05, 0) is 41.6 Å². The highest BCUT2D eigenvalue weighted by molar-refractivity contribution is 7.22. The quantitative estimate of drug-likeness (QED) is 0.539. The third-order valence-electron chi connectivity index (χ3n) is 4.02. The highest BCUT2D eigenvalue weighted by Gasteiger charge is 2.15. The number of phenols is 1. The fourth-order valence-corrected chi connectivity index (χ4v) is 3.98. The van der Waals surface area contributed by atoms with Crippen LogP contribution in [0.5, 0.6) is 5.75 Å². The number of nitrogens with zero attached hydrogens (tertiary/aromatic N) is 1. The Hall–Kier alpha value is -2.39. The summed E-state index contributed by atoms with van der Waals surface area (Å²) in [4.78, 5) is 5.47. The maximum absolute atomic E-state index is 10.7. The lowest BCUT2D eigenvalue weighted by molar-refractivity contribution is 0.482. The van der Waals surface area contributed by atoms with Crippen molar-refractivity contribution < 1.29 is 5.11 Å². The molecule has 2 nitrogen and oxygen atoms in total. The van der Waals surface area contributed by atoms with Crippen molar-refractivity contribution in [2.75, 3.05) is 0 Å². The molecule has 0 saturated carbocycles. The Labute approximate surface area is 132 Å². The van der Waals surface area contributed by atoms with Gasteiger partial charge in [0.2, 0.25) is 0 Å². The van der Waals surface area contributed by atoms with Gasteiger partial charge in [-0.25, -0.2) is 0 Å². The van der Waals surface area contributed by atoms with Crippen LogP contribution in [0.15, 0.2) is 54.7 Å². The minimum absolute atomic E-state index is 0.277. The summed E-state index contributed by atoms with van der Waals surface area (Å²) in [6.45, 7) is 2.13. The second kappa shape index (κ2) is 5.11. The lowest BCUT2D eigenvalue weighted by Crippen LogP contribution is -1.89. The molecule has 2 aromatic carbocycles. The van der Waals surface area contributed by atoms with E-state index in [1.54, 1.807) is 17.5 Å². The van der Waals surface area contributed by atoms with Gasteiger partial charge in [0.1, 0.15) is 11.3 Å². The van der Waals surface area contributed by atoms with Gasteiger partial charge in [0.15, 0.2) is 0 Å². The number of aromatic nitrogens is 1. The van der Waals surface area contributed by atoms with E-state index in [0.29, 0.717) is 5.52 Å². The van der Waals surface area contributed by atoms with E-state index in [1.807, 2.05) is 24.3 Å². The average molecular weight is 305 g/mol. The molecule has 0 aliphatic rings. The van der Waals surface area contributed by atoms with Gasteiger partial charge < -0.3 is 5.11 Å². The van der Waals surface area contributed by atoms with Crippen molar-refractivity contribution in [3.63, 3.8) is 0 Å². The van der Waals surface area contributed by atoms with Crippen molar-refractivity contribution in [1.82, 2.24) is 4.98 Å². The van der Waals surface area contributed by atoms with Crippen LogP contribution in [-0.2, 0) is 6.42 Å². The van der Waals surface area contributed by atoms with Gasteiger partial charge in [0.05, 0.1) is 0 Å². The van der Waals surface area contributed by atoms with E-state index < -0.39 is 0 Å². The van der Waals surface area contributed by atoms with Gasteiger partial charge in [-0.1, -0.05) is 31.2 Å². The molecule has 4 rings (SSSR count). The van der Waals surface area contributed by atoms with Crippen LogP contribution in [-0.4, -0.2) is 10.1 Å². The third kappa shape index (κ3) is 1.97. The summed E-state index contributed by atoms with van der Waals surface area (Å²) < 4.78 is 1.23. The molecule has 0 aliphatic carbocycles. The molecular formula is C19H15NOS. The van der Waals surface area contributed by atoms with Crippen molar-refractivity contribution in [3.05, 3.63) is 60.3 Å². The number of rotatable bonds is 2. The molecule has 2 heterocycles. The number of fused-ring (bicyclic) bond motifs is 2. The first-order valence-electron chi connectivity index (χ1n) is 7.36. The first-order valence-corrected chi connectivity index (χ1v) is 8.18. The van der Waals surface area contributed by atoms with Gasteiger partial charge in [-0.2, -0.15) is 0 Å². The fraction of sp³-hybridized carbons (Fsp3) is 0.105. The van der Waals surface area contributed by atoms with Crippen LogP contribution in [0.4, 0.5) is 0 Å². The van der Waals surface area contributed by atoms with Crippen molar-refractivity contribution >= 4 is 32.3 Å². The summed E-state index contributed by atoms with van der Waals surface area (Å²) in [5, 5.41) is 12.9. The van der Waals surface area contributed by atoms with Gasteiger partial charge in [0, 0.05) is 26.7 Å². The van der Waals surface area contributed by atoms with Crippen LogP contribution < -0.4 is 0 Å². The summed E-state index contributed by atoms with van der Waals surface area (Å²) in [6.07, 6.45) is 2.65. The molecular weight excluding hydrogens is 290 g/mol. The Morgan fingerprint density at radius 3 is 2.77 bits per heavy atom. The molecule has 0 atom stereocenters. The van der Waals surface area contributed by atoms with E-state index in [0.717, 1.165) is 22.2 Å². The Morgan fingerprint density at radius 2 is 1.95 bits per heavy atom. The lowest BCUT2D eigenvalue weighted by atomic mass is 10.00. The van der Waals surface area contributed by atoms with Gasteiger partial charge in [-0.15, -0.1) is 11.3 Å². The molecule has 108 valence electrons. The molecule has 0 spiro atoms. The van der Waals surface area contributed by atoms with Crippen molar-refractivity contribution in [2.24, 2.45) is 0 Å². The standard InChI is InChI=1S/C19H15NOS/c1-2-12-10-15(19(21)18-14(12)7-5-9-20-18)17-11-13-6-3-4-8-16(13)22-17/h3-11,21H,2H2,1H3. The highest BCUT2D eigenvalue weighted by atomic mass is 32.1. The number of aromatic hydroxyl groups is 1. The normalized spacial score (nSPS) is 11.3. The van der Waals surface area contributed by atoms with E-state index in [-0.39, 0.29) is 5.75 Å². The summed E-state index contributed by atoms with van der Waals surface area (Å²) in [7, 11) is 0. The molecule has 0 amide bonds. The Balaban J connectivity index is 2.03. The number of pyridine rings is 1. The van der Waals surface area contributed by atoms with Crippen LogP contribution in [0.1, 0.15) is 12.5 Å². The van der Waals surface area contributed by atoms with Crippen LogP contribution in [0.25, 0.3) is 31.4 Å². The molecule has 1 N–H and O–H groups in total. The molecule has 0 radical (unpaired) electrons. The van der Waals surface area contributed by atoms with Gasteiger partial charge in [-0.3, -0.25) is 4.98 Å². The van der Waals surface area contributed by atoms with E-state index in [4.69, 9.17) is 0 Å². The number of thiophene rings is 1. The molecule has 0 unspecified atom stereocenters. The molecule has 0 bridgehead atoms. The Bertz CT molecular complexity index is 954. The zero-order valence-corrected chi connectivity index (χ0v) is 13.0. The van der Waals surface area contributed by atoms with Crippen molar-refractivity contribution in [2.45, 2.75) is 13.3 Å². The van der Waals surface area contributed by atoms with E-state index in [2.05, 4.69) is 36.2 Å². The summed E-state index contributed by atoms with van der Waals surface area (Å²) in [5.74, 6) is 0.277. The maximum Gasteiger partial charge on any atom is 0.150 e. The minimum Gasteiger partial charge on any atom is -0.505 e. The van der Waals surface area contributed by atoms with Gasteiger partial charge >= 0.3 is 0 Å². The predicted molar refractivity (Wildman–Crippen MR) is 93.6 cm³/mol. The minimum atomic E-state index is 0.277. The molecule has 4 aromatic rings. The Kier molecular flexibility index (Phi) is 3.09. The zero-order valence-electron chi connectivity index (χ0n) is 12.2. The largest absolute Gasteiger partial charge is 0.505 e. The summed E-state index contributed by atoms with van der Waals surface area (Å²) in [5.41, 5.74) is 2.78. The number of hydrogen-bond acceptors (Lipinski definition) is 3. The number of phenolic OH excluding ortho intramolecular Hbond substituents is 1. The first kappa shape index (κ1) is 13.3. The number of benzene rings is 2. The molecule has 0 saturated heterocycles. The number of aryl methyl sites for hydroxylation is 1. The summed E-state index contributed by atoms with van der Waals surface area (Å²) >= 11 is 1.70. The molecule has 0 fully saturated rings. The maximum atomic E-state index is 10.7. The SMILES string of the molecule is CCc1cc(-c2cc3ccccc3s2)c(O)c2ncccc12. The molecule has 3 heteroatoms. The lowest BCUT2D eigenvalue weighted by Gasteiger charge is -2.10. The average Bonchev–Trinajstić information content (AvgIpc) is 2.99. The number of hydrogen-bond donors (Lipinski definition) is 1. The zero-order chi connectivity index (χ0) is 15.1. The molecule has 0 aliphatic heterocycles. The molecule has 2 aromatic heterocycles.